The number of aromatic nitrogens is 3. The molecule has 260 valence electrons. The molecule has 1 aliphatic rings. The molecule has 1 aromatic heterocycles. The van der Waals surface area contributed by atoms with Gasteiger partial charge in [0.15, 0.2) is 6.04 Å². The standard InChI is InChI=1S/C30H26ClN7O10S2/c1-2-3-4-17-5-10-20(11-6-17)48-30-34-28(31)33-29(35-30)32-18-7-14-24(50(45,46)47)23(15-18)36-37-25-22(27(40)41)16-38(26(25)39)19-8-12-21(13-9-19)49(42,43)44/h5-16,25H,2-4H2,1H3,(H,40,41)(H,42,43,44)(H,45,46,47)(H,32,33,34,35). The molecule has 20 heteroatoms. The molecule has 0 saturated carbocycles. The quantitative estimate of drug-likeness (QED) is 0.0993. The minimum Gasteiger partial charge on any atom is -0.478 e. The summed E-state index contributed by atoms with van der Waals surface area (Å²) in [7, 11) is -9.44. The molecule has 2 heterocycles. The molecule has 1 aliphatic heterocycles. The Labute approximate surface area is 289 Å². The number of aryl methyl sites for hydroxylation is 1. The number of anilines is 3. The molecule has 4 aromatic rings. The van der Waals surface area contributed by atoms with Crippen LogP contribution in [0.5, 0.6) is 11.8 Å². The summed E-state index contributed by atoms with van der Waals surface area (Å²) in [5.74, 6) is -2.18. The molecule has 0 spiro atoms. The minimum absolute atomic E-state index is 0.0343. The molecule has 5 rings (SSSR count). The van der Waals surface area contributed by atoms with Crippen LogP contribution in [0.25, 0.3) is 0 Å². The zero-order valence-electron chi connectivity index (χ0n) is 25.7. The monoisotopic (exact) mass is 743 g/mol. The maximum Gasteiger partial charge on any atom is 0.335 e. The molecular formula is C30H26ClN7O10S2. The number of nitrogens with one attached hydrogen (secondary N) is 1. The first-order valence-corrected chi connectivity index (χ1v) is 17.7. The molecule has 3 aromatic carbocycles. The van der Waals surface area contributed by atoms with Gasteiger partial charge in [-0.05, 0) is 84.6 Å². The van der Waals surface area contributed by atoms with Gasteiger partial charge in [-0.3, -0.25) is 18.8 Å². The summed E-state index contributed by atoms with van der Waals surface area (Å²) in [6, 6.07) is 13.0. The molecule has 0 bridgehead atoms. The first kappa shape index (κ1) is 36.0. The summed E-state index contributed by atoms with van der Waals surface area (Å²) in [6.07, 6.45) is 3.96. The number of carbonyl (C=O) groups excluding carboxylic acids is 1. The fraction of sp³-hybridized carbons (Fsp3) is 0.167. The summed E-state index contributed by atoms with van der Waals surface area (Å²) in [6.45, 7) is 2.10. The van der Waals surface area contributed by atoms with Gasteiger partial charge < -0.3 is 15.2 Å². The zero-order chi connectivity index (χ0) is 36.2. The van der Waals surface area contributed by atoms with E-state index in [1.165, 1.54) is 6.07 Å². The average molecular weight is 744 g/mol. The number of halogens is 1. The Balaban J connectivity index is 1.40. The smallest absolute Gasteiger partial charge is 0.335 e. The van der Waals surface area contributed by atoms with Crippen LogP contribution in [0.1, 0.15) is 25.3 Å². The van der Waals surface area contributed by atoms with Crippen LogP contribution in [-0.4, -0.2) is 63.9 Å². The number of carboxylic acids is 1. The van der Waals surface area contributed by atoms with Crippen molar-refractivity contribution >= 4 is 66.7 Å². The van der Waals surface area contributed by atoms with E-state index in [0.29, 0.717) is 5.75 Å². The SMILES string of the molecule is CCCCc1ccc(Oc2nc(Cl)nc(Nc3ccc(S(=O)(=O)O)c(N=NC4C(=O)N(c5ccc(S(=O)(=O)O)cc5)C=C4C(=O)O)c3)n2)cc1. The fourth-order valence-electron chi connectivity index (χ4n) is 4.59. The molecule has 4 N–H and O–H groups in total. The lowest BCUT2D eigenvalue weighted by molar-refractivity contribution is -0.133. The van der Waals surface area contributed by atoms with Gasteiger partial charge >= 0.3 is 12.0 Å². The van der Waals surface area contributed by atoms with Crippen molar-refractivity contribution in [3.8, 4) is 11.8 Å². The van der Waals surface area contributed by atoms with Crippen molar-refractivity contribution in [3.05, 3.63) is 89.4 Å². The Bertz CT molecular complexity index is 2230. The summed E-state index contributed by atoms with van der Waals surface area (Å²) < 4.78 is 71.8. The second kappa shape index (κ2) is 14.6. The highest BCUT2D eigenvalue weighted by Crippen LogP contribution is 2.33. The van der Waals surface area contributed by atoms with E-state index in [2.05, 4.69) is 37.4 Å². The number of nitrogens with zero attached hydrogens (tertiary/aromatic N) is 6. The van der Waals surface area contributed by atoms with E-state index in [-0.39, 0.29) is 28.6 Å². The number of amides is 1. The highest BCUT2D eigenvalue weighted by molar-refractivity contribution is 7.86. The summed E-state index contributed by atoms with van der Waals surface area (Å²) in [5.41, 5.74) is 0.225. The van der Waals surface area contributed by atoms with Crippen LogP contribution in [0, 0.1) is 0 Å². The largest absolute Gasteiger partial charge is 0.478 e. The molecule has 1 atom stereocenters. The van der Waals surface area contributed by atoms with E-state index < -0.39 is 59.2 Å². The lowest BCUT2D eigenvalue weighted by atomic mass is 10.1. The number of ether oxygens (including phenoxy) is 1. The second-order valence-electron chi connectivity index (χ2n) is 10.5. The first-order valence-electron chi connectivity index (χ1n) is 14.5. The van der Waals surface area contributed by atoms with Crippen LogP contribution in [0.4, 0.5) is 23.0 Å². The van der Waals surface area contributed by atoms with Crippen molar-refractivity contribution in [2.75, 3.05) is 10.2 Å². The zero-order valence-corrected chi connectivity index (χ0v) is 28.1. The van der Waals surface area contributed by atoms with Gasteiger partial charge in [-0.1, -0.05) is 25.5 Å². The lowest BCUT2D eigenvalue weighted by Crippen LogP contribution is -2.29. The minimum atomic E-state index is -4.90. The topological polar surface area (TPSA) is 251 Å². The first-order chi connectivity index (χ1) is 23.6. The van der Waals surface area contributed by atoms with Crippen molar-refractivity contribution in [3.63, 3.8) is 0 Å². The molecule has 17 nitrogen and oxygen atoms in total. The van der Waals surface area contributed by atoms with Crippen molar-refractivity contribution < 1.29 is 45.4 Å². The second-order valence-corrected chi connectivity index (χ2v) is 13.7. The van der Waals surface area contributed by atoms with Crippen molar-refractivity contribution in [1.29, 1.82) is 0 Å². The summed E-state index contributed by atoms with van der Waals surface area (Å²) in [5, 5.41) is 19.9. The molecule has 0 fully saturated rings. The normalized spacial score (nSPS) is 15.0. The van der Waals surface area contributed by atoms with Gasteiger partial charge in [0.25, 0.3) is 26.1 Å². The van der Waals surface area contributed by atoms with Gasteiger partial charge in [-0.25, -0.2) is 4.79 Å². The average Bonchev–Trinajstić information content (AvgIpc) is 3.38. The third kappa shape index (κ3) is 8.62. The molecule has 0 saturated heterocycles. The lowest BCUT2D eigenvalue weighted by Gasteiger charge is -2.14. The van der Waals surface area contributed by atoms with E-state index in [0.717, 1.165) is 72.3 Å². The van der Waals surface area contributed by atoms with Crippen LogP contribution in [0.2, 0.25) is 5.28 Å². The predicted molar refractivity (Wildman–Crippen MR) is 177 cm³/mol. The molecule has 0 aliphatic carbocycles. The number of carbonyl (C=O) groups is 2. The number of hydrogen-bond donors (Lipinski definition) is 4. The van der Waals surface area contributed by atoms with Gasteiger partial charge in [-0.2, -0.15) is 42.0 Å². The van der Waals surface area contributed by atoms with Crippen LogP contribution in [0.3, 0.4) is 0 Å². The van der Waals surface area contributed by atoms with E-state index in [9.17, 15) is 40.6 Å². The van der Waals surface area contributed by atoms with Crippen molar-refractivity contribution in [2.24, 2.45) is 10.2 Å². The molecule has 50 heavy (non-hydrogen) atoms. The van der Waals surface area contributed by atoms with E-state index >= 15 is 0 Å². The van der Waals surface area contributed by atoms with Gasteiger partial charge in [0, 0.05) is 17.6 Å². The number of benzene rings is 3. The van der Waals surface area contributed by atoms with Crippen LogP contribution >= 0.6 is 11.6 Å². The number of rotatable bonds is 13. The predicted octanol–water partition coefficient (Wildman–Crippen LogP) is 5.36. The van der Waals surface area contributed by atoms with E-state index in [1.807, 2.05) is 12.1 Å². The van der Waals surface area contributed by atoms with Crippen molar-refractivity contribution in [1.82, 2.24) is 15.0 Å². The van der Waals surface area contributed by atoms with E-state index in [4.69, 9.17) is 16.3 Å². The Kier molecular flexibility index (Phi) is 10.5. The highest BCUT2D eigenvalue weighted by Gasteiger charge is 2.39. The Morgan fingerprint density at radius 1 is 0.980 bits per heavy atom. The van der Waals surface area contributed by atoms with Gasteiger partial charge in [0.1, 0.15) is 16.3 Å². The fourth-order valence-corrected chi connectivity index (χ4v) is 5.82. The van der Waals surface area contributed by atoms with Gasteiger partial charge in [-0.15, -0.1) is 0 Å². The highest BCUT2D eigenvalue weighted by atomic mass is 35.5. The summed E-state index contributed by atoms with van der Waals surface area (Å²) >= 11 is 6.09. The Morgan fingerprint density at radius 2 is 1.68 bits per heavy atom. The van der Waals surface area contributed by atoms with Crippen LogP contribution in [-0.2, 0) is 36.2 Å². The third-order valence-electron chi connectivity index (χ3n) is 7.01. The van der Waals surface area contributed by atoms with Crippen molar-refractivity contribution in [2.45, 2.75) is 42.0 Å². The molecular weight excluding hydrogens is 718 g/mol. The number of hydrogen-bond acceptors (Lipinski definition) is 13. The van der Waals surface area contributed by atoms with Crippen LogP contribution in [0.15, 0.2) is 98.5 Å². The molecule has 1 unspecified atom stereocenters. The summed E-state index contributed by atoms with van der Waals surface area (Å²) in [4.78, 5) is 37.0. The van der Waals surface area contributed by atoms with Gasteiger partial charge in [0.05, 0.1) is 10.5 Å². The molecule has 0 radical (unpaired) electrons. The maximum absolute atomic E-state index is 13.2. The van der Waals surface area contributed by atoms with Crippen LogP contribution < -0.4 is 15.0 Å². The third-order valence-corrected chi connectivity index (χ3v) is 8.94. The number of unbranched alkanes of at least 4 members (excludes halogenated alkanes) is 1. The molecule has 1 amide bonds. The number of carboxylic acid groups (broad SMARTS) is 1. The number of azo groups is 1. The van der Waals surface area contributed by atoms with Gasteiger partial charge in [0.2, 0.25) is 11.2 Å². The Morgan fingerprint density at radius 3 is 2.30 bits per heavy atom. The maximum atomic E-state index is 13.2. The van der Waals surface area contributed by atoms with E-state index in [1.54, 1.807) is 12.1 Å². The Hall–Kier alpha value is -5.34. The number of aliphatic carboxylic acids is 1.